The Morgan fingerprint density at radius 3 is 2.69 bits per heavy atom. The number of nitriles is 1. The predicted octanol–water partition coefficient (Wildman–Crippen LogP) is 5.04. The number of hydrogen-bond donors (Lipinski definition) is 1. The number of rotatable bonds is 8. The van der Waals surface area contributed by atoms with Crippen molar-refractivity contribution < 1.29 is 9.47 Å². The highest BCUT2D eigenvalue weighted by molar-refractivity contribution is 5.92. The molecule has 0 unspecified atom stereocenters. The Hall–Kier alpha value is -4.90. The summed E-state index contributed by atoms with van der Waals surface area (Å²) in [5, 5.41) is 18.5. The van der Waals surface area contributed by atoms with Crippen LogP contribution in [-0.2, 0) is 13.1 Å². The summed E-state index contributed by atoms with van der Waals surface area (Å²) in [4.78, 5) is 9.33. The molecule has 0 spiro atoms. The summed E-state index contributed by atoms with van der Waals surface area (Å²) >= 11 is 0. The number of nitrogens with zero attached hydrogens (tertiary/aromatic N) is 5. The smallest absolute Gasteiger partial charge is 0.138 e. The molecule has 0 aliphatic heterocycles. The van der Waals surface area contributed by atoms with Gasteiger partial charge in [0.05, 0.1) is 54.7 Å². The van der Waals surface area contributed by atoms with Crippen LogP contribution in [0.2, 0.25) is 0 Å². The van der Waals surface area contributed by atoms with Gasteiger partial charge in [-0.3, -0.25) is 9.67 Å². The van der Waals surface area contributed by atoms with E-state index in [4.69, 9.17) is 19.6 Å². The maximum atomic E-state index is 9.35. The van der Waals surface area contributed by atoms with Crippen molar-refractivity contribution in [3.05, 3.63) is 95.9 Å². The van der Waals surface area contributed by atoms with Crippen LogP contribution in [0.4, 0.5) is 5.82 Å². The lowest BCUT2D eigenvalue weighted by molar-refractivity contribution is 0.391. The molecule has 5 aromatic rings. The SMILES string of the molecule is COc1ccc(CNc2nc(-c3cccc(C#N)c3)cc3nn(Cc4ccccn4)cc23)c(OC)c1. The summed E-state index contributed by atoms with van der Waals surface area (Å²) < 4.78 is 12.7. The molecule has 0 amide bonds. The molecule has 0 atom stereocenters. The predicted molar refractivity (Wildman–Crippen MR) is 138 cm³/mol. The molecule has 0 radical (unpaired) electrons. The Kier molecular flexibility index (Phi) is 6.45. The Bertz CT molecular complexity index is 1560. The van der Waals surface area contributed by atoms with E-state index in [2.05, 4.69) is 16.4 Å². The monoisotopic (exact) mass is 476 g/mol. The van der Waals surface area contributed by atoms with Gasteiger partial charge in [0.25, 0.3) is 0 Å². The third-order valence-electron chi connectivity index (χ3n) is 5.83. The molecule has 1 N–H and O–H groups in total. The van der Waals surface area contributed by atoms with Crippen molar-refractivity contribution in [3.63, 3.8) is 0 Å². The van der Waals surface area contributed by atoms with E-state index < -0.39 is 0 Å². The molecule has 3 heterocycles. The average Bonchev–Trinajstić information content (AvgIpc) is 3.34. The number of aromatic nitrogens is 4. The van der Waals surface area contributed by atoms with Gasteiger partial charge in [0.2, 0.25) is 0 Å². The molecular formula is C28H24N6O2. The zero-order valence-corrected chi connectivity index (χ0v) is 20.0. The van der Waals surface area contributed by atoms with Gasteiger partial charge >= 0.3 is 0 Å². The maximum Gasteiger partial charge on any atom is 0.138 e. The molecule has 3 aromatic heterocycles. The van der Waals surface area contributed by atoms with Crippen molar-refractivity contribution in [2.75, 3.05) is 19.5 Å². The molecule has 0 saturated carbocycles. The van der Waals surface area contributed by atoms with E-state index in [0.717, 1.165) is 44.9 Å². The zero-order chi connectivity index (χ0) is 24.9. The Labute approximate surface area is 208 Å². The first-order valence-corrected chi connectivity index (χ1v) is 11.4. The molecular weight excluding hydrogens is 452 g/mol. The summed E-state index contributed by atoms with van der Waals surface area (Å²) in [6.07, 6.45) is 3.75. The Morgan fingerprint density at radius 1 is 1.00 bits per heavy atom. The van der Waals surface area contributed by atoms with Crippen molar-refractivity contribution >= 4 is 16.7 Å². The molecule has 0 aliphatic rings. The van der Waals surface area contributed by atoms with Crippen LogP contribution in [0.3, 0.4) is 0 Å². The normalized spacial score (nSPS) is 10.7. The van der Waals surface area contributed by atoms with E-state index in [1.807, 2.05) is 71.5 Å². The largest absolute Gasteiger partial charge is 0.497 e. The number of benzene rings is 2. The minimum absolute atomic E-state index is 0.488. The number of methoxy groups -OCH3 is 2. The number of pyridine rings is 2. The zero-order valence-electron chi connectivity index (χ0n) is 20.0. The molecule has 0 fully saturated rings. The molecule has 0 saturated heterocycles. The molecule has 8 nitrogen and oxygen atoms in total. The summed E-state index contributed by atoms with van der Waals surface area (Å²) in [5.74, 6) is 2.14. The summed E-state index contributed by atoms with van der Waals surface area (Å²) in [6.45, 7) is 1.03. The highest BCUT2D eigenvalue weighted by Crippen LogP contribution is 2.30. The number of ether oxygens (including phenoxy) is 2. The van der Waals surface area contributed by atoms with Gasteiger partial charge < -0.3 is 14.8 Å². The van der Waals surface area contributed by atoms with Gasteiger partial charge in [0.15, 0.2) is 0 Å². The highest BCUT2D eigenvalue weighted by atomic mass is 16.5. The van der Waals surface area contributed by atoms with Crippen LogP contribution in [0.5, 0.6) is 11.5 Å². The lowest BCUT2D eigenvalue weighted by Crippen LogP contribution is -2.04. The van der Waals surface area contributed by atoms with Crippen LogP contribution < -0.4 is 14.8 Å². The summed E-state index contributed by atoms with van der Waals surface area (Å²) in [6, 6.07) is 23.1. The number of fused-ring (bicyclic) bond motifs is 1. The van der Waals surface area contributed by atoms with Gasteiger partial charge in [-0.05, 0) is 42.5 Å². The number of nitrogens with one attached hydrogen (secondary N) is 1. The minimum atomic E-state index is 0.488. The first-order valence-electron chi connectivity index (χ1n) is 11.4. The highest BCUT2D eigenvalue weighted by Gasteiger charge is 2.14. The van der Waals surface area contributed by atoms with Gasteiger partial charge in [-0.15, -0.1) is 0 Å². The van der Waals surface area contributed by atoms with Crippen molar-refractivity contribution in [3.8, 4) is 28.8 Å². The van der Waals surface area contributed by atoms with E-state index >= 15 is 0 Å². The Balaban J connectivity index is 1.54. The van der Waals surface area contributed by atoms with Gasteiger partial charge in [-0.1, -0.05) is 18.2 Å². The Morgan fingerprint density at radius 2 is 1.92 bits per heavy atom. The van der Waals surface area contributed by atoms with E-state index in [1.54, 1.807) is 26.5 Å². The fraction of sp³-hybridized carbons (Fsp3) is 0.143. The third-order valence-corrected chi connectivity index (χ3v) is 5.83. The molecule has 2 aromatic carbocycles. The number of hydrogen-bond acceptors (Lipinski definition) is 7. The number of anilines is 1. The fourth-order valence-corrected chi connectivity index (χ4v) is 4.01. The van der Waals surface area contributed by atoms with Gasteiger partial charge in [0, 0.05) is 36.1 Å². The molecule has 178 valence electrons. The fourth-order valence-electron chi connectivity index (χ4n) is 4.01. The second-order valence-electron chi connectivity index (χ2n) is 8.16. The van der Waals surface area contributed by atoms with Crippen LogP contribution in [0.1, 0.15) is 16.8 Å². The van der Waals surface area contributed by atoms with E-state index in [1.165, 1.54) is 0 Å². The first-order chi connectivity index (χ1) is 17.7. The third kappa shape index (κ3) is 4.81. The lowest BCUT2D eigenvalue weighted by Gasteiger charge is -2.13. The van der Waals surface area contributed by atoms with E-state index in [-0.39, 0.29) is 0 Å². The second-order valence-corrected chi connectivity index (χ2v) is 8.16. The summed E-state index contributed by atoms with van der Waals surface area (Å²) in [5.41, 5.74) is 4.82. The molecule has 8 heteroatoms. The lowest BCUT2D eigenvalue weighted by atomic mass is 10.1. The van der Waals surface area contributed by atoms with Crippen molar-refractivity contribution in [2.24, 2.45) is 0 Å². The maximum absolute atomic E-state index is 9.35. The molecule has 0 bridgehead atoms. The molecule has 36 heavy (non-hydrogen) atoms. The van der Waals surface area contributed by atoms with Crippen LogP contribution >= 0.6 is 0 Å². The molecule has 5 rings (SSSR count). The average molecular weight is 477 g/mol. The van der Waals surface area contributed by atoms with Crippen LogP contribution in [0.15, 0.2) is 79.1 Å². The van der Waals surface area contributed by atoms with Gasteiger partial charge in [-0.2, -0.15) is 10.4 Å². The minimum Gasteiger partial charge on any atom is -0.497 e. The van der Waals surface area contributed by atoms with E-state index in [0.29, 0.717) is 24.5 Å². The summed E-state index contributed by atoms with van der Waals surface area (Å²) in [7, 11) is 3.27. The van der Waals surface area contributed by atoms with Crippen molar-refractivity contribution in [1.29, 1.82) is 5.26 Å². The van der Waals surface area contributed by atoms with Gasteiger partial charge in [-0.25, -0.2) is 4.98 Å². The van der Waals surface area contributed by atoms with Crippen molar-refractivity contribution in [1.82, 2.24) is 19.7 Å². The van der Waals surface area contributed by atoms with Crippen LogP contribution in [0.25, 0.3) is 22.2 Å². The topological polar surface area (TPSA) is 97.9 Å². The standard InChI is InChI=1S/C28H24N6O2/c1-35-23-10-9-21(27(13-23)36-2)16-31-28-24-18-34(17-22-8-3-4-11-30-22)33-26(24)14-25(32-28)20-7-5-6-19(12-20)15-29/h3-14,18H,16-17H2,1-2H3,(H,31,32). The van der Waals surface area contributed by atoms with Crippen molar-refractivity contribution in [2.45, 2.75) is 13.1 Å². The molecule has 0 aliphatic carbocycles. The second kappa shape index (κ2) is 10.2. The quantitative estimate of drug-likeness (QED) is 0.335. The first kappa shape index (κ1) is 22.9. The van der Waals surface area contributed by atoms with E-state index in [9.17, 15) is 5.26 Å². The van der Waals surface area contributed by atoms with Crippen LogP contribution in [0, 0.1) is 11.3 Å². The van der Waals surface area contributed by atoms with Gasteiger partial charge in [0.1, 0.15) is 17.3 Å². The van der Waals surface area contributed by atoms with Crippen LogP contribution in [-0.4, -0.2) is 34.0 Å².